The van der Waals surface area contributed by atoms with Crippen molar-refractivity contribution in [2.24, 2.45) is 0 Å². The largest absolute Gasteiger partial charge is 0.467 e. The number of thiocarbonyl (C=S) groups is 1. The molecule has 1 unspecified atom stereocenters. The van der Waals surface area contributed by atoms with Crippen LogP contribution in [0.2, 0.25) is 0 Å². The van der Waals surface area contributed by atoms with Gasteiger partial charge in [0.15, 0.2) is 5.11 Å². The van der Waals surface area contributed by atoms with E-state index in [1.165, 1.54) is 11.3 Å². The summed E-state index contributed by atoms with van der Waals surface area (Å²) in [7, 11) is 0. The molecule has 3 aromatic rings. The smallest absolute Gasteiger partial charge is 0.174 e. The van der Waals surface area contributed by atoms with E-state index < -0.39 is 0 Å². The Hall–Kier alpha value is -2.53. The van der Waals surface area contributed by atoms with Gasteiger partial charge in [0.05, 0.1) is 6.26 Å². The Morgan fingerprint density at radius 1 is 1.12 bits per heavy atom. The second-order valence-corrected chi connectivity index (χ2v) is 6.42. The molecule has 4 nitrogen and oxygen atoms in total. The average molecular weight is 337 g/mol. The highest BCUT2D eigenvalue weighted by molar-refractivity contribution is 7.80. The van der Waals surface area contributed by atoms with E-state index in [2.05, 4.69) is 64.3 Å². The first-order valence-electron chi connectivity index (χ1n) is 8.05. The summed E-state index contributed by atoms with van der Waals surface area (Å²) in [6.07, 6.45) is 3.82. The van der Waals surface area contributed by atoms with Crippen molar-refractivity contribution in [1.29, 1.82) is 0 Å². The third-order valence-corrected chi connectivity index (χ3v) is 4.75. The third-order valence-electron chi connectivity index (χ3n) is 4.41. The Labute approximate surface area is 146 Å². The van der Waals surface area contributed by atoms with Crippen LogP contribution in [0.4, 0.5) is 5.69 Å². The Balaban J connectivity index is 1.63. The normalized spacial score (nSPS) is 16.7. The fourth-order valence-electron chi connectivity index (χ4n) is 3.18. The summed E-state index contributed by atoms with van der Waals surface area (Å²) < 4.78 is 7.97. The average Bonchev–Trinajstić information content (AvgIpc) is 3.27. The van der Waals surface area contributed by atoms with Gasteiger partial charge in [-0.2, -0.15) is 0 Å². The van der Waals surface area contributed by atoms with E-state index in [1.54, 1.807) is 6.26 Å². The van der Waals surface area contributed by atoms with Gasteiger partial charge in [-0.1, -0.05) is 17.7 Å². The van der Waals surface area contributed by atoms with Gasteiger partial charge in [0.2, 0.25) is 0 Å². The van der Waals surface area contributed by atoms with Gasteiger partial charge < -0.3 is 19.2 Å². The highest BCUT2D eigenvalue weighted by Gasteiger charge is 2.32. The van der Waals surface area contributed by atoms with E-state index in [0.29, 0.717) is 5.11 Å². The molecule has 1 aliphatic heterocycles. The summed E-state index contributed by atoms with van der Waals surface area (Å²) in [6, 6.07) is 16.4. The van der Waals surface area contributed by atoms with E-state index in [1.807, 2.05) is 12.1 Å². The predicted molar refractivity (Wildman–Crippen MR) is 99.1 cm³/mol. The standard InChI is InChI=1S/C19H19N3OS/c1-14-6-8-15(9-7-14)20-19(24)22-12-11-21-10-2-4-16(21)18(22)17-5-3-13-23-17/h2-10,13,18H,11-12H2,1H3,(H,20,24). The van der Waals surface area contributed by atoms with Crippen LogP contribution in [0.25, 0.3) is 0 Å². The molecule has 0 saturated carbocycles. The Morgan fingerprint density at radius 3 is 2.71 bits per heavy atom. The Bertz CT molecular complexity index is 836. The number of hydrogen-bond donors (Lipinski definition) is 1. The van der Waals surface area contributed by atoms with Crippen molar-refractivity contribution < 1.29 is 4.42 Å². The molecule has 0 spiro atoms. The monoisotopic (exact) mass is 337 g/mol. The zero-order valence-electron chi connectivity index (χ0n) is 13.5. The van der Waals surface area contributed by atoms with Crippen molar-refractivity contribution in [2.75, 3.05) is 11.9 Å². The molecule has 5 heteroatoms. The minimum atomic E-state index is -0.00537. The quantitative estimate of drug-likeness (QED) is 0.711. The minimum absolute atomic E-state index is 0.00537. The first-order valence-corrected chi connectivity index (χ1v) is 8.46. The Kier molecular flexibility index (Phi) is 3.86. The van der Waals surface area contributed by atoms with Gasteiger partial charge >= 0.3 is 0 Å². The summed E-state index contributed by atoms with van der Waals surface area (Å²) in [5.74, 6) is 0.905. The molecular formula is C19H19N3OS. The number of fused-ring (bicyclic) bond motifs is 1. The number of nitrogens with zero attached hydrogens (tertiary/aromatic N) is 2. The highest BCUT2D eigenvalue weighted by atomic mass is 32.1. The molecule has 1 aromatic carbocycles. The summed E-state index contributed by atoms with van der Waals surface area (Å²) in [5, 5.41) is 4.08. The van der Waals surface area contributed by atoms with Crippen LogP contribution in [0.1, 0.15) is 23.1 Å². The van der Waals surface area contributed by atoms with E-state index >= 15 is 0 Å². The number of hydrogen-bond acceptors (Lipinski definition) is 2. The summed E-state index contributed by atoms with van der Waals surface area (Å²) in [5.41, 5.74) is 3.43. The van der Waals surface area contributed by atoms with Crippen LogP contribution in [-0.4, -0.2) is 21.1 Å². The number of furan rings is 1. The first kappa shape index (κ1) is 15.0. The van der Waals surface area contributed by atoms with Crippen LogP contribution in [0.15, 0.2) is 65.4 Å². The van der Waals surface area contributed by atoms with Gasteiger partial charge in [-0.25, -0.2) is 0 Å². The van der Waals surface area contributed by atoms with E-state index in [-0.39, 0.29) is 6.04 Å². The van der Waals surface area contributed by atoms with Crippen molar-refractivity contribution >= 4 is 23.0 Å². The maximum Gasteiger partial charge on any atom is 0.174 e. The maximum absolute atomic E-state index is 5.71. The molecule has 3 heterocycles. The molecule has 0 saturated heterocycles. The van der Waals surface area contributed by atoms with Gasteiger partial charge in [0.1, 0.15) is 11.8 Å². The van der Waals surface area contributed by atoms with Crippen molar-refractivity contribution in [3.63, 3.8) is 0 Å². The molecule has 122 valence electrons. The molecule has 0 bridgehead atoms. The molecular weight excluding hydrogens is 318 g/mol. The highest BCUT2D eigenvalue weighted by Crippen LogP contribution is 2.33. The lowest BCUT2D eigenvalue weighted by Gasteiger charge is -2.37. The predicted octanol–water partition coefficient (Wildman–Crippen LogP) is 4.19. The molecule has 0 amide bonds. The van der Waals surface area contributed by atoms with E-state index in [4.69, 9.17) is 16.6 Å². The third kappa shape index (κ3) is 2.71. The lowest BCUT2D eigenvalue weighted by molar-refractivity contribution is 0.261. The van der Waals surface area contributed by atoms with Crippen LogP contribution in [0.3, 0.4) is 0 Å². The molecule has 1 aliphatic rings. The number of nitrogens with one attached hydrogen (secondary N) is 1. The van der Waals surface area contributed by atoms with Crippen LogP contribution >= 0.6 is 12.2 Å². The van der Waals surface area contributed by atoms with Crippen LogP contribution in [0.5, 0.6) is 0 Å². The second-order valence-electron chi connectivity index (χ2n) is 6.03. The minimum Gasteiger partial charge on any atom is -0.467 e. The number of benzene rings is 1. The van der Waals surface area contributed by atoms with E-state index in [0.717, 1.165) is 24.5 Å². The zero-order valence-corrected chi connectivity index (χ0v) is 14.3. The van der Waals surface area contributed by atoms with E-state index in [9.17, 15) is 0 Å². The van der Waals surface area contributed by atoms with Crippen LogP contribution < -0.4 is 5.32 Å². The molecule has 0 fully saturated rings. The lowest BCUT2D eigenvalue weighted by atomic mass is 10.1. The van der Waals surface area contributed by atoms with Gasteiger partial charge in [0.25, 0.3) is 0 Å². The molecule has 24 heavy (non-hydrogen) atoms. The number of aromatic nitrogens is 1. The summed E-state index contributed by atoms with van der Waals surface area (Å²) >= 11 is 5.71. The molecule has 1 N–H and O–H groups in total. The molecule has 1 atom stereocenters. The number of rotatable bonds is 2. The summed E-state index contributed by atoms with van der Waals surface area (Å²) in [6.45, 7) is 3.83. The van der Waals surface area contributed by atoms with Crippen molar-refractivity contribution in [3.05, 3.63) is 78.0 Å². The number of anilines is 1. The van der Waals surface area contributed by atoms with Crippen molar-refractivity contribution in [1.82, 2.24) is 9.47 Å². The van der Waals surface area contributed by atoms with Gasteiger partial charge in [-0.15, -0.1) is 0 Å². The SMILES string of the molecule is Cc1ccc(NC(=S)N2CCn3cccc3C2c2ccco2)cc1. The van der Waals surface area contributed by atoms with Gasteiger partial charge in [-0.3, -0.25) is 0 Å². The Morgan fingerprint density at radius 2 is 1.96 bits per heavy atom. The van der Waals surface area contributed by atoms with Gasteiger partial charge in [0, 0.05) is 30.7 Å². The molecule has 4 rings (SSSR count). The fourth-order valence-corrected chi connectivity index (χ4v) is 3.50. The van der Waals surface area contributed by atoms with Crippen LogP contribution in [0, 0.1) is 6.92 Å². The van der Waals surface area contributed by atoms with Crippen molar-refractivity contribution in [2.45, 2.75) is 19.5 Å². The molecule has 0 aliphatic carbocycles. The molecule has 2 aromatic heterocycles. The topological polar surface area (TPSA) is 33.3 Å². The fraction of sp³-hybridized carbons (Fsp3) is 0.211. The first-order chi connectivity index (χ1) is 11.7. The maximum atomic E-state index is 5.71. The molecule has 0 radical (unpaired) electrons. The zero-order chi connectivity index (χ0) is 16.5. The van der Waals surface area contributed by atoms with Gasteiger partial charge in [-0.05, 0) is 55.5 Å². The van der Waals surface area contributed by atoms with Crippen molar-refractivity contribution in [3.8, 4) is 0 Å². The van der Waals surface area contributed by atoms with Crippen LogP contribution in [-0.2, 0) is 6.54 Å². The number of aryl methyl sites for hydroxylation is 1. The summed E-state index contributed by atoms with van der Waals surface area (Å²) in [4.78, 5) is 2.20. The lowest BCUT2D eigenvalue weighted by Crippen LogP contribution is -2.44. The second kappa shape index (κ2) is 6.17.